The van der Waals surface area contributed by atoms with Crippen LogP contribution in [0.15, 0.2) is 23.3 Å². The third-order valence-corrected chi connectivity index (χ3v) is 5.98. The number of hydrogen-bond donors (Lipinski definition) is 2. The molecular formula is C21H36N6. The average Bonchev–Trinajstić information content (AvgIpc) is 3.23. The molecule has 1 aromatic rings. The van der Waals surface area contributed by atoms with E-state index in [1.54, 1.807) is 0 Å². The Hall–Kier alpha value is -1.82. The highest BCUT2D eigenvalue weighted by Crippen LogP contribution is 2.22. The number of aryl methyl sites for hydroxylation is 1. The van der Waals surface area contributed by atoms with Crippen LogP contribution in [0.4, 0.5) is 5.82 Å². The van der Waals surface area contributed by atoms with Gasteiger partial charge in [-0.25, -0.2) is 4.98 Å². The fourth-order valence-electron chi connectivity index (χ4n) is 4.17. The molecule has 0 spiro atoms. The summed E-state index contributed by atoms with van der Waals surface area (Å²) >= 11 is 0. The van der Waals surface area contributed by atoms with Crippen LogP contribution in [0.5, 0.6) is 0 Å². The van der Waals surface area contributed by atoms with Crippen molar-refractivity contribution in [2.75, 3.05) is 45.2 Å². The number of piperidine rings is 1. The van der Waals surface area contributed by atoms with Crippen molar-refractivity contribution < 1.29 is 0 Å². The van der Waals surface area contributed by atoms with Crippen molar-refractivity contribution in [3.63, 3.8) is 0 Å². The zero-order valence-electron chi connectivity index (χ0n) is 17.2. The lowest BCUT2D eigenvalue weighted by Crippen LogP contribution is -2.50. The molecule has 3 rings (SSSR count). The molecule has 0 radical (unpaired) electrons. The van der Waals surface area contributed by atoms with Crippen molar-refractivity contribution in [3.8, 4) is 0 Å². The summed E-state index contributed by atoms with van der Waals surface area (Å²) in [6.07, 6.45) is 9.67. The van der Waals surface area contributed by atoms with Gasteiger partial charge in [-0.3, -0.25) is 4.99 Å². The predicted molar refractivity (Wildman–Crippen MR) is 114 cm³/mol. The number of hydrogen-bond acceptors (Lipinski definition) is 4. The molecule has 150 valence electrons. The Balaban J connectivity index is 1.37. The fourth-order valence-corrected chi connectivity index (χ4v) is 4.17. The molecule has 2 N–H and O–H groups in total. The first-order chi connectivity index (χ1) is 13.2. The molecule has 0 amide bonds. The van der Waals surface area contributed by atoms with E-state index in [0.717, 1.165) is 56.8 Å². The fraction of sp³-hybridized carbons (Fsp3) is 0.714. The zero-order chi connectivity index (χ0) is 19.1. The van der Waals surface area contributed by atoms with Gasteiger partial charge in [0.05, 0.1) is 0 Å². The van der Waals surface area contributed by atoms with Crippen LogP contribution in [0, 0.1) is 6.92 Å². The van der Waals surface area contributed by atoms with Gasteiger partial charge in [-0.15, -0.1) is 0 Å². The topological polar surface area (TPSA) is 55.8 Å². The van der Waals surface area contributed by atoms with Crippen molar-refractivity contribution in [2.45, 2.75) is 57.5 Å². The smallest absolute Gasteiger partial charge is 0.191 e. The average molecular weight is 373 g/mol. The Morgan fingerprint density at radius 3 is 2.59 bits per heavy atom. The van der Waals surface area contributed by atoms with E-state index in [-0.39, 0.29) is 0 Å². The highest BCUT2D eigenvalue weighted by molar-refractivity contribution is 5.80. The molecule has 0 bridgehead atoms. The quantitative estimate of drug-likeness (QED) is 0.593. The second-order valence-corrected chi connectivity index (χ2v) is 8.02. The molecule has 0 aromatic carbocycles. The zero-order valence-corrected chi connectivity index (χ0v) is 17.2. The van der Waals surface area contributed by atoms with Gasteiger partial charge in [-0.1, -0.05) is 18.9 Å². The van der Waals surface area contributed by atoms with Crippen LogP contribution < -0.4 is 15.5 Å². The summed E-state index contributed by atoms with van der Waals surface area (Å²) in [5.41, 5.74) is 1.21. The largest absolute Gasteiger partial charge is 0.356 e. The Bertz CT molecular complexity index is 585. The highest BCUT2D eigenvalue weighted by atomic mass is 15.2. The summed E-state index contributed by atoms with van der Waals surface area (Å²) in [7, 11) is 4.12. The third kappa shape index (κ3) is 5.83. The van der Waals surface area contributed by atoms with Crippen LogP contribution in [-0.4, -0.2) is 68.2 Å². The van der Waals surface area contributed by atoms with E-state index in [2.05, 4.69) is 56.5 Å². The van der Waals surface area contributed by atoms with Gasteiger partial charge >= 0.3 is 0 Å². The number of rotatable bonds is 6. The number of pyridine rings is 1. The van der Waals surface area contributed by atoms with Crippen LogP contribution in [0.2, 0.25) is 0 Å². The standard InChI is InChI=1S/C21H36N6/c1-17-8-9-20(24-16-17)27-13-10-18(11-14-27)25-21(22-2)23-12-15-26(3)19-6-4-5-7-19/h8-9,16,18-19H,4-7,10-15H2,1-3H3,(H2,22,23,25). The molecule has 2 heterocycles. The maximum absolute atomic E-state index is 4.56. The first-order valence-corrected chi connectivity index (χ1v) is 10.5. The SMILES string of the molecule is CN=C(NCCN(C)C1CCCC1)NC1CCN(c2ccc(C)cn2)CC1. The van der Waals surface area contributed by atoms with Crippen LogP contribution in [-0.2, 0) is 0 Å². The van der Waals surface area contributed by atoms with E-state index >= 15 is 0 Å². The van der Waals surface area contributed by atoms with E-state index in [1.165, 1.54) is 31.2 Å². The summed E-state index contributed by atoms with van der Waals surface area (Å²) in [6.45, 7) is 6.17. The number of likely N-dealkylation sites (N-methyl/N-ethyl adjacent to an activating group) is 1. The minimum Gasteiger partial charge on any atom is -0.356 e. The van der Waals surface area contributed by atoms with Gasteiger partial charge < -0.3 is 20.4 Å². The molecule has 0 unspecified atom stereocenters. The molecule has 27 heavy (non-hydrogen) atoms. The summed E-state index contributed by atoms with van der Waals surface area (Å²) < 4.78 is 0. The van der Waals surface area contributed by atoms with Gasteiger partial charge in [0.2, 0.25) is 0 Å². The lowest BCUT2D eigenvalue weighted by molar-refractivity contribution is 0.249. The number of aromatic nitrogens is 1. The number of aliphatic imine (C=N–C) groups is 1. The van der Waals surface area contributed by atoms with Gasteiger partial charge in [0.1, 0.15) is 5.82 Å². The Morgan fingerprint density at radius 1 is 1.22 bits per heavy atom. The Morgan fingerprint density at radius 2 is 1.96 bits per heavy atom. The second kappa shape index (κ2) is 9.93. The van der Waals surface area contributed by atoms with Gasteiger partial charge in [0.15, 0.2) is 5.96 Å². The summed E-state index contributed by atoms with van der Waals surface area (Å²) in [5.74, 6) is 2.03. The summed E-state index contributed by atoms with van der Waals surface area (Å²) in [5, 5.41) is 7.09. The van der Waals surface area contributed by atoms with E-state index in [4.69, 9.17) is 0 Å². The van der Waals surface area contributed by atoms with E-state index < -0.39 is 0 Å². The highest BCUT2D eigenvalue weighted by Gasteiger charge is 2.21. The van der Waals surface area contributed by atoms with Crippen molar-refractivity contribution in [2.24, 2.45) is 4.99 Å². The Labute approximate surface area is 164 Å². The molecule has 6 nitrogen and oxygen atoms in total. The minimum absolute atomic E-state index is 0.477. The minimum atomic E-state index is 0.477. The molecule has 1 saturated heterocycles. The third-order valence-electron chi connectivity index (χ3n) is 5.98. The molecule has 1 aromatic heterocycles. The molecule has 1 saturated carbocycles. The van der Waals surface area contributed by atoms with E-state index in [1.807, 2.05) is 13.2 Å². The molecule has 2 fully saturated rings. The van der Waals surface area contributed by atoms with Crippen LogP contribution in [0.25, 0.3) is 0 Å². The van der Waals surface area contributed by atoms with Gasteiger partial charge in [0, 0.05) is 51.5 Å². The Kier molecular flexibility index (Phi) is 7.33. The maximum Gasteiger partial charge on any atom is 0.191 e. The van der Waals surface area contributed by atoms with Crippen LogP contribution in [0.3, 0.4) is 0 Å². The normalized spacial score (nSPS) is 19.7. The van der Waals surface area contributed by atoms with Crippen LogP contribution >= 0.6 is 0 Å². The van der Waals surface area contributed by atoms with Crippen LogP contribution in [0.1, 0.15) is 44.1 Å². The van der Waals surface area contributed by atoms with Crippen molar-refractivity contribution in [1.29, 1.82) is 0 Å². The van der Waals surface area contributed by atoms with Crippen molar-refractivity contribution >= 4 is 11.8 Å². The van der Waals surface area contributed by atoms with Gasteiger partial charge in [-0.05, 0) is 51.3 Å². The molecular weight excluding hydrogens is 336 g/mol. The van der Waals surface area contributed by atoms with Gasteiger partial charge in [0.25, 0.3) is 0 Å². The summed E-state index contributed by atoms with van der Waals surface area (Å²) in [6, 6.07) is 5.53. The van der Waals surface area contributed by atoms with E-state index in [9.17, 15) is 0 Å². The maximum atomic E-state index is 4.56. The molecule has 1 aliphatic carbocycles. The molecule has 1 aliphatic heterocycles. The van der Waals surface area contributed by atoms with Crippen molar-refractivity contribution in [3.05, 3.63) is 23.9 Å². The first kappa shape index (κ1) is 19.9. The number of anilines is 1. The first-order valence-electron chi connectivity index (χ1n) is 10.5. The predicted octanol–water partition coefficient (Wildman–Crippen LogP) is 2.40. The number of guanidine groups is 1. The molecule has 0 atom stereocenters. The van der Waals surface area contributed by atoms with Crippen molar-refractivity contribution in [1.82, 2.24) is 20.5 Å². The second-order valence-electron chi connectivity index (χ2n) is 8.02. The molecule has 6 heteroatoms. The van der Waals surface area contributed by atoms with Gasteiger partial charge in [-0.2, -0.15) is 0 Å². The lowest BCUT2D eigenvalue weighted by atomic mass is 10.1. The number of nitrogens with one attached hydrogen (secondary N) is 2. The molecule has 2 aliphatic rings. The number of nitrogens with zero attached hydrogens (tertiary/aromatic N) is 4. The van der Waals surface area contributed by atoms with E-state index in [0.29, 0.717) is 6.04 Å². The monoisotopic (exact) mass is 372 g/mol. The lowest BCUT2D eigenvalue weighted by Gasteiger charge is -2.34. The summed E-state index contributed by atoms with van der Waals surface area (Å²) in [4.78, 5) is 13.9.